The van der Waals surface area contributed by atoms with E-state index in [0.29, 0.717) is 5.75 Å². The summed E-state index contributed by atoms with van der Waals surface area (Å²) in [5.74, 6) is 0.0967. The van der Waals surface area contributed by atoms with Gasteiger partial charge in [-0.3, -0.25) is 24.0 Å². The van der Waals surface area contributed by atoms with Crippen LogP contribution in [0, 0.1) is 0 Å². The molecule has 2 amide bonds. The van der Waals surface area contributed by atoms with Crippen molar-refractivity contribution in [3.8, 4) is 0 Å². The van der Waals surface area contributed by atoms with Gasteiger partial charge in [-0.2, -0.15) is 0 Å². The second-order valence-corrected chi connectivity index (χ2v) is 5.35. The molecule has 0 aliphatic carbocycles. The maximum atomic E-state index is 11.1. The van der Waals surface area contributed by atoms with Crippen LogP contribution >= 0.6 is 0 Å². The number of amides is 2. The quantitative estimate of drug-likeness (QED) is 0.638. The van der Waals surface area contributed by atoms with Gasteiger partial charge in [0.15, 0.2) is 0 Å². The van der Waals surface area contributed by atoms with Crippen LogP contribution in [0.1, 0.15) is 13.3 Å². The Hall–Kier alpha value is -0.750. The molecule has 0 aromatic heterocycles. The summed E-state index contributed by atoms with van der Waals surface area (Å²) in [5, 5.41) is 2.25. The molecule has 86 valence electrons. The van der Waals surface area contributed by atoms with Crippen LogP contribution in [-0.4, -0.2) is 52.1 Å². The molecule has 0 aromatic carbocycles. The molecule has 0 aromatic rings. The van der Waals surface area contributed by atoms with E-state index in [1.54, 1.807) is 6.26 Å². The van der Waals surface area contributed by atoms with E-state index in [0.717, 1.165) is 6.42 Å². The highest BCUT2D eigenvalue weighted by Crippen LogP contribution is 2.06. The average molecular weight is 232 g/mol. The fraction of sp³-hybridized carbons (Fsp3) is 0.778. The van der Waals surface area contributed by atoms with E-state index in [1.807, 2.05) is 11.8 Å². The van der Waals surface area contributed by atoms with E-state index in [2.05, 4.69) is 5.32 Å². The van der Waals surface area contributed by atoms with Crippen molar-refractivity contribution in [2.24, 2.45) is 0 Å². The first-order valence-electron chi connectivity index (χ1n) is 4.86. The van der Waals surface area contributed by atoms with Gasteiger partial charge in [-0.25, -0.2) is 0 Å². The Morgan fingerprint density at radius 3 is 2.40 bits per heavy atom. The first-order valence-corrected chi connectivity index (χ1v) is 6.58. The van der Waals surface area contributed by atoms with Crippen molar-refractivity contribution < 1.29 is 13.8 Å². The van der Waals surface area contributed by atoms with Crippen LogP contribution in [0.3, 0.4) is 0 Å². The summed E-state index contributed by atoms with van der Waals surface area (Å²) < 4.78 is 10.9. The fourth-order valence-corrected chi connectivity index (χ4v) is 2.16. The number of imide groups is 1. The second kappa shape index (κ2) is 5.37. The third-order valence-electron chi connectivity index (χ3n) is 2.42. The third-order valence-corrected chi connectivity index (χ3v) is 3.23. The fourth-order valence-electron chi connectivity index (χ4n) is 1.49. The van der Waals surface area contributed by atoms with Crippen LogP contribution in [-0.2, 0) is 20.4 Å². The SMILES string of the molecule is CC(CCS(C)=O)N1CC(=O)NC(=O)C1. The molecule has 15 heavy (non-hydrogen) atoms. The second-order valence-electron chi connectivity index (χ2n) is 3.79. The Morgan fingerprint density at radius 2 is 1.93 bits per heavy atom. The van der Waals surface area contributed by atoms with Gasteiger partial charge >= 0.3 is 0 Å². The molecule has 0 saturated carbocycles. The van der Waals surface area contributed by atoms with Gasteiger partial charge in [-0.15, -0.1) is 0 Å². The number of carbonyl (C=O) groups excluding carboxylic acids is 2. The number of piperazine rings is 1. The molecule has 1 fully saturated rings. The summed E-state index contributed by atoms with van der Waals surface area (Å²) in [5.41, 5.74) is 0. The standard InChI is InChI=1S/C9H16N2O3S/c1-7(3-4-15(2)14)11-5-8(12)10-9(13)6-11/h7H,3-6H2,1-2H3,(H,10,12,13). The van der Waals surface area contributed by atoms with Gasteiger partial charge in [0.25, 0.3) is 0 Å². The van der Waals surface area contributed by atoms with E-state index < -0.39 is 10.8 Å². The minimum atomic E-state index is -0.820. The lowest BCUT2D eigenvalue weighted by molar-refractivity contribution is -0.136. The van der Waals surface area contributed by atoms with Crippen molar-refractivity contribution in [2.75, 3.05) is 25.1 Å². The molecular weight excluding hydrogens is 216 g/mol. The van der Waals surface area contributed by atoms with Crippen molar-refractivity contribution in [3.63, 3.8) is 0 Å². The highest BCUT2D eigenvalue weighted by molar-refractivity contribution is 7.84. The van der Waals surface area contributed by atoms with E-state index in [9.17, 15) is 13.8 Å². The maximum absolute atomic E-state index is 11.1. The van der Waals surface area contributed by atoms with Gasteiger partial charge in [-0.1, -0.05) is 0 Å². The zero-order chi connectivity index (χ0) is 11.4. The molecule has 5 nitrogen and oxygen atoms in total. The molecule has 1 saturated heterocycles. The molecule has 0 bridgehead atoms. The lowest BCUT2D eigenvalue weighted by Gasteiger charge is -2.30. The summed E-state index contributed by atoms with van der Waals surface area (Å²) in [7, 11) is -0.820. The number of nitrogens with zero attached hydrogens (tertiary/aromatic N) is 1. The van der Waals surface area contributed by atoms with Gasteiger partial charge in [-0.05, 0) is 13.3 Å². The highest BCUT2D eigenvalue weighted by atomic mass is 32.2. The predicted octanol–water partition coefficient (Wildman–Crippen LogP) is -0.898. The number of nitrogens with one attached hydrogen (secondary N) is 1. The molecule has 1 rings (SSSR count). The van der Waals surface area contributed by atoms with Crippen LogP contribution in [0.25, 0.3) is 0 Å². The Kier molecular flexibility index (Phi) is 4.41. The van der Waals surface area contributed by atoms with Crippen molar-refractivity contribution >= 4 is 22.6 Å². The zero-order valence-corrected chi connectivity index (χ0v) is 9.80. The number of carbonyl (C=O) groups is 2. The molecule has 2 atom stereocenters. The normalized spacial score (nSPS) is 22.3. The van der Waals surface area contributed by atoms with Gasteiger partial charge in [0.1, 0.15) is 0 Å². The van der Waals surface area contributed by atoms with Gasteiger partial charge in [0, 0.05) is 28.9 Å². The summed E-state index contributed by atoms with van der Waals surface area (Å²) in [6.45, 7) is 2.45. The predicted molar refractivity (Wildman–Crippen MR) is 57.7 cm³/mol. The molecule has 0 radical (unpaired) electrons. The minimum absolute atomic E-state index is 0.115. The van der Waals surface area contributed by atoms with Crippen molar-refractivity contribution in [3.05, 3.63) is 0 Å². The molecule has 1 N–H and O–H groups in total. The van der Waals surface area contributed by atoms with Crippen LogP contribution in [0.4, 0.5) is 0 Å². The summed E-state index contributed by atoms with van der Waals surface area (Å²) in [6.07, 6.45) is 2.39. The Bertz CT molecular complexity index is 277. The topological polar surface area (TPSA) is 66.5 Å². The van der Waals surface area contributed by atoms with Crippen molar-refractivity contribution in [1.82, 2.24) is 10.2 Å². The lowest BCUT2D eigenvalue weighted by Crippen LogP contribution is -2.54. The molecule has 1 aliphatic heterocycles. The first kappa shape index (κ1) is 12.3. The van der Waals surface area contributed by atoms with Crippen LogP contribution < -0.4 is 5.32 Å². The monoisotopic (exact) mass is 232 g/mol. The van der Waals surface area contributed by atoms with E-state index in [4.69, 9.17) is 0 Å². The summed E-state index contributed by atoms with van der Waals surface area (Å²) >= 11 is 0. The zero-order valence-electron chi connectivity index (χ0n) is 8.99. The Morgan fingerprint density at radius 1 is 1.40 bits per heavy atom. The smallest absolute Gasteiger partial charge is 0.240 e. The largest absolute Gasteiger partial charge is 0.294 e. The Labute approximate surface area is 91.7 Å². The van der Waals surface area contributed by atoms with Crippen LogP contribution in [0.2, 0.25) is 0 Å². The molecular formula is C9H16N2O3S. The average Bonchev–Trinajstić information content (AvgIpc) is 2.12. The first-order chi connectivity index (χ1) is 6.99. The lowest BCUT2D eigenvalue weighted by atomic mass is 10.2. The highest BCUT2D eigenvalue weighted by Gasteiger charge is 2.25. The summed E-state index contributed by atoms with van der Waals surface area (Å²) in [6, 6.07) is 0.115. The molecule has 1 heterocycles. The van der Waals surface area contributed by atoms with Crippen molar-refractivity contribution in [1.29, 1.82) is 0 Å². The maximum Gasteiger partial charge on any atom is 0.240 e. The molecule has 2 unspecified atom stereocenters. The minimum Gasteiger partial charge on any atom is -0.294 e. The van der Waals surface area contributed by atoms with Gasteiger partial charge < -0.3 is 0 Å². The van der Waals surface area contributed by atoms with Gasteiger partial charge in [0.05, 0.1) is 13.1 Å². The number of hydrogen-bond acceptors (Lipinski definition) is 4. The summed E-state index contributed by atoms with van der Waals surface area (Å²) in [4.78, 5) is 24.0. The molecule has 6 heteroatoms. The molecule has 1 aliphatic rings. The number of rotatable bonds is 4. The molecule has 0 spiro atoms. The van der Waals surface area contributed by atoms with E-state index >= 15 is 0 Å². The van der Waals surface area contributed by atoms with E-state index in [-0.39, 0.29) is 30.9 Å². The van der Waals surface area contributed by atoms with E-state index in [1.165, 1.54) is 0 Å². The number of hydrogen-bond donors (Lipinski definition) is 1. The van der Waals surface area contributed by atoms with Crippen molar-refractivity contribution in [2.45, 2.75) is 19.4 Å². The van der Waals surface area contributed by atoms with Crippen LogP contribution in [0.15, 0.2) is 0 Å². The van der Waals surface area contributed by atoms with Crippen LogP contribution in [0.5, 0.6) is 0 Å². The third kappa shape index (κ3) is 4.09. The van der Waals surface area contributed by atoms with Gasteiger partial charge in [0.2, 0.25) is 11.8 Å². The Balaban J connectivity index is 2.44.